The topological polar surface area (TPSA) is 42.0 Å². The van der Waals surface area contributed by atoms with E-state index < -0.39 is 5.95 Å². The second kappa shape index (κ2) is 3.36. The summed E-state index contributed by atoms with van der Waals surface area (Å²) in [5.74, 6) is 0.181. The number of halogens is 1. The molecular weight excluding hydrogens is 183 g/mol. The molecule has 1 amide bonds. The molecule has 1 aromatic heterocycles. The van der Waals surface area contributed by atoms with E-state index in [1.54, 1.807) is 6.07 Å². The zero-order chi connectivity index (χ0) is 10.1. The zero-order valence-electron chi connectivity index (χ0n) is 7.83. The summed E-state index contributed by atoms with van der Waals surface area (Å²) in [5.41, 5.74) is 0. The number of carbonyl (C=O) groups excluding carboxylic acids is 1. The maximum Gasteiger partial charge on any atom is 0.228 e. The van der Waals surface area contributed by atoms with Crippen molar-refractivity contribution in [2.45, 2.75) is 13.3 Å². The molecule has 2 atom stereocenters. The molecular formula is C10H11FN2O. The van der Waals surface area contributed by atoms with Crippen LogP contribution in [0.4, 0.5) is 10.2 Å². The fraction of sp³-hybridized carbons (Fsp3) is 0.400. The van der Waals surface area contributed by atoms with E-state index in [0.717, 1.165) is 6.42 Å². The third-order valence-corrected chi connectivity index (χ3v) is 2.41. The Labute approximate surface area is 81.3 Å². The Bertz CT molecular complexity index is 367. The molecule has 1 N–H and O–H groups in total. The molecule has 0 aliphatic heterocycles. The van der Waals surface area contributed by atoms with E-state index in [2.05, 4.69) is 10.3 Å². The molecule has 1 saturated carbocycles. The maximum atomic E-state index is 12.6. The summed E-state index contributed by atoms with van der Waals surface area (Å²) >= 11 is 0. The van der Waals surface area contributed by atoms with Gasteiger partial charge in [-0.05, 0) is 24.5 Å². The Morgan fingerprint density at radius 3 is 2.93 bits per heavy atom. The highest BCUT2D eigenvalue weighted by atomic mass is 19.1. The predicted molar refractivity (Wildman–Crippen MR) is 50.1 cm³/mol. The van der Waals surface area contributed by atoms with Gasteiger partial charge in [0, 0.05) is 5.92 Å². The molecule has 0 bridgehead atoms. The van der Waals surface area contributed by atoms with Crippen molar-refractivity contribution in [3.8, 4) is 0 Å². The van der Waals surface area contributed by atoms with Gasteiger partial charge in [0.2, 0.25) is 11.9 Å². The Balaban J connectivity index is 2.00. The highest BCUT2D eigenvalue weighted by molar-refractivity contribution is 5.93. The molecule has 1 fully saturated rings. The van der Waals surface area contributed by atoms with Crippen LogP contribution in [0.1, 0.15) is 13.3 Å². The quantitative estimate of drug-likeness (QED) is 0.729. The summed E-state index contributed by atoms with van der Waals surface area (Å²) in [6.07, 6.45) is 0.918. The molecule has 1 aromatic rings. The SMILES string of the molecule is CC1CC1C(=O)Nc1cccc(F)n1. The third kappa shape index (κ3) is 1.89. The van der Waals surface area contributed by atoms with Crippen molar-refractivity contribution in [3.05, 3.63) is 24.1 Å². The number of hydrogen-bond acceptors (Lipinski definition) is 2. The highest BCUT2D eigenvalue weighted by Crippen LogP contribution is 2.38. The lowest BCUT2D eigenvalue weighted by atomic mass is 10.3. The van der Waals surface area contributed by atoms with E-state index in [-0.39, 0.29) is 17.6 Å². The van der Waals surface area contributed by atoms with E-state index in [0.29, 0.717) is 5.92 Å². The van der Waals surface area contributed by atoms with Crippen molar-refractivity contribution < 1.29 is 9.18 Å². The monoisotopic (exact) mass is 194 g/mol. The molecule has 1 heterocycles. The van der Waals surface area contributed by atoms with Gasteiger partial charge < -0.3 is 5.32 Å². The number of nitrogens with one attached hydrogen (secondary N) is 1. The van der Waals surface area contributed by atoms with Crippen molar-refractivity contribution in [3.63, 3.8) is 0 Å². The minimum absolute atomic E-state index is 0.0596. The van der Waals surface area contributed by atoms with Gasteiger partial charge in [-0.1, -0.05) is 13.0 Å². The van der Waals surface area contributed by atoms with Crippen molar-refractivity contribution in [1.29, 1.82) is 0 Å². The van der Waals surface area contributed by atoms with Crippen LogP contribution < -0.4 is 5.32 Å². The molecule has 0 radical (unpaired) electrons. The molecule has 2 unspecified atom stereocenters. The molecule has 0 spiro atoms. The van der Waals surface area contributed by atoms with Crippen LogP contribution >= 0.6 is 0 Å². The standard InChI is InChI=1S/C10H11FN2O/c1-6-5-7(6)10(14)13-9-4-2-3-8(11)12-9/h2-4,6-7H,5H2,1H3,(H,12,13,14). The van der Waals surface area contributed by atoms with Gasteiger partial charge in [0.25, 0.3) is 0 Å². The van der Waals surface area contributed by atoms with E-state index >= 15 is 0 Å². The van der Waals surface area contributed by atoms with Crippen molar-refractivity contribution >= 4 is 11.7 Å². The van der Waals surface area contributed by atoms with Crippen molar-refractivity contribution in [2.24, 2.45) is 11.8 Å². The van der Waals surface area contributed by atoms with Gasteiger partial charge in [-0.2, -0.15) is 4.39 Å². The van der Waals surface area contributed by atoms with E-state index in [4.69, 9.17) is 0 Å². The first-order chi connectivity index (χ1) is 6.66. The average molecular weight is 194 g/mol. The van der Waals surface area contributed by atoms with Gasteiger partial charge in [-0.25, -0.2) is 4.98 Å². The Morgan fingerprint density at radius 1 is 1.64 bits per heavy atom. The number of nitrogens with zero attached hydrogens (tertiary/aromatic N) is 1. The van der Waals surface area contributed by atoms with E-state index in [1.165, 1.54) is 12.1 Å². The molecule has 3 nitrogen and oxygen atoms in total. The summed E-state index contributed by atoms with van der Waals surface area (Å²) in [7, 11) is 0. The largest absolute Gasteiger partial charge is 0.310 e. The molecule has 1 aliphatic rings. The minimum atomic E-state index is -0.577. The first-order valence-electron chi connectivity index (χ1n) is 4.60. The Hall–Kier alpha value is -1.45. The lowest BCUT2D eigenvalue weighted by molar-refractivity contribution is -0.117. The number of carbonyl (C=O) groups is 1. The number of hydrogen-bond donors (Lipinski definition) is 1. The Kier molecular flexibility index (Phi) is 2.19. The zero-order valence-corrected chi connectivity index (χ0v) is 7.83. The number of rotatable bonds is 2. The molecule has 1 aliphatic carbocycles. The lowest BCUT2D eigenvalue weighted by Gasteiger charge is -2.02. The minimum Gasteiger partial charge on any atom is -0.310 e. The fourth-order valence-electron chi connectivity index (χ4n) is 1.38. The van der Waals surface area contributed by atoms with Crippen LogP contribution in [-0.4, -0.2) is 10.9 Å². The number of aromatic nitrogens is 1. The van der Waals surface area contributed by atoms with Gasteiger partial charge in [-0.15, -0.1) is 0 Å². The van der Waals surface area contributed by atoms with E-state index in [1.807, 2.05) is 6.92 Å². The van der Waals surface area contributed by atoms with Gasteiger partial charge >= 0.3 is 0 Å². The van der Waals surface area contributed by atoms with Gasteiger partial charge in [-0.3, -0.25) is 4.79 Å². The van der Waals surface area contributed by atoms with Crippen LogP contribution in [0.5, 0.6) is 0 Å². The molecule has 74 valence electrons. The number of anilines is 1. The van der Waals surface area contributed by atoms with Crippen molar-refractivity contribution in [2.75, 3.05) is 5.32 Å². The van der Waals surface area contributed by atoms with E-state index in [9.17, 15) is 9.18 Å². The van der Waals surface area contributed by atoms with Crippen LogP contribution in [0, 0.1) is 17.8 Å². The number of pyridine rings is 1. The van der Waals surface area contributed by atoms with Crippen LogP contribution in [0.2, 0.25) is 0 Å². The lowest BCUT2D eigenvalue weighted by Crippen LogP contribution is -2.15. The van der Waals surface area contributed by atoms with Crippen LogP contribution in [0.3, 0.4) is 0 Å². The first kappa shape index (κ1) is 9.12. The Morgan fingerprint density at radius 2 is 2.36 bits per heavy atom. The van der Waals surface area contributed by atoms with Crippen LogP contribution in [0.25, 0.3) is 0 Å². The second-order valence-corrected chi connectivity index (χ2v) is 3.65. The predicted octanol–water partition coefficient (Wildman–Crippen LogP) is 1.82. The average Bonchev–Trinajstić information content (AvgIpc) is 2.82. The molecule has 4 heteroatoms. The molecule has 0 saturated heterocycles. The summed E-state index contributed by atoms with van der Waals surface area (Å²) < 4.78 is 12.6. The third-order valence-electron chi connectivity index (χ3n) is 2.41. The van der Waals surface area contributed by atoms with Crippen molar-refractivity contribution in [1.82, 2.24) is 4.98 Å². The normalized spacial score (nSPS) is 24.4. The number of amides is 1. The summed E-state index contributed by atoms with van der Waals surface area (Å²) in [5, 5.41) is 2.59. The molecule has 2 rings (SSSR count). The smallest absolute Gasteiger partial charge is 0.228 e. The van der Waals surface area contributed by atoms with Gasteiger partial charge in [0.1, 0.15) is 5.82 Å². The second-order valence-electron chi connectivity index (χ2n) is 3.65. The van der Waals surface area contributed by atoms with Crippen LogP contribution in [0.15, 0.2) is 18.2 Å². The summed E-state index contributed by atoms with van der Waals surface area (Å²) in [6, 6.07) is 4.34. The summed E-state index contributed by atoms with van der Waals surface area (Å²) in [6.45, 7) is 2.02. The maximum absolute atomic E-state index is 12.6. The summed E-state index contributed by atoms with van der Waals surface area (Å²) in [4.78, 5) is 15.0. The highest BCUT2D eigenvalue weighted by Gasteiger charge is 2.39. The fourth-order valence-corrected chi connectivity index (χ4v) is 1.38. The molecule has 0 aromatic carbocycles. The first-order valence-corrected chi connectivity index (χ1v) is 4.60. The van der Waals surface area contributed by atoms with Gasteiger partial charge in [0.15, 0.2) is 0 Å². The van der Waals surface area contributed by atoms with Gasteiger partial charge in [0.05, 0.1) is 0 Å². The van der Waals surface area contributed by atoms with Crippen LogP contribution in [-0.2, 0) is 4.79 Å². The molecule has 14 heavy (non-hydrogen) atoms.